The zero-order chi connectivity index (χ0) is 15.2. The summed E-state index contributed by atoms with van der Waals surface area (Å²) in [5.41, 5.74) is 2.39. The second-order valence-electron chi connectivity index (χ2n) is 5.45. The summed E-state index contributed by atoms with van der Waals surface area (Å²) < 4.78 is 0. The lowest BCUT2D eigenvalue weighted by atomic mass is 9.96. The SMILES string of the molecule is CCNCc1ccc(Cl)cc1N1CCCC(C(=O)NC)C1. The van der Waals surface area contributed by atoms with Crippen LogP contribution in [0.3, 0.4) is 0 Å². The third kappa shape index (κ3) is 4.11. The van der Waals surface area contributed by atoms with Gasteiger partial charge in [-0.1, -0.05) is 24.6 Å². The number of anilines is 1. The van der Waals surface area contributed by atoms with Crippen molar-refractivity contribution in [1.29, 1.82) is 0 Å². The van der Waals surface area contributed by atoms with E-state index in [1.807, 2.05) is 12.1 Å². The van der Waals surface area contributed by atoms with Gasteiger partial charge in [0.2, 0.25) is 5.91 Å². The molecule has 2 rings (SSSR count). The highest BCUT2D eigenvalue weighted by molar-refractivity contribution is 6.30. The van der Waals surface area contributed by atoms with Gasteiger partial charge < -0.3 is 15.5 Å². The Bertz CT molecular complexity index is 492. The van der Waals surface area contributed by atoms with Gasteiger partial charge in [-0.05, 0) is 37.1 Å². The van der Waals surface area contributed by atoms with E-state index in [0.29, 0.717) is 0 Å². The molecule has 0 radical (unpaired) electrons. The Labute approximate surface area is 131 Å². The molecular weight excluding hydrogens is 286 g/mol. The van der Waals surface area contributed by atoms with Gasteiger partial charge >= 0.3 is 0 Å². The number of hydrogen-bond acceptors (Lipinski definition) is 3. The van der Waals surface area contributed by atoms with Crippen LogP contribution < -0.4 is 15.5 Å². The first-order chi connectivity index (χ1) is 10.2. The lowest BCUT2D eigenvalue weighted by molar-refractivity contribution is -0.124. The molecule has 1 aliphatic rings. The minimum absolute atomic E-state index is 0.0646. The minimum Gasteiger partial charge on any atom is -0.370 e. The van der Waals surface area contributed by atoms with Crippen LogP contribution in [0.5, 0.6) is 0 Å². The number of piperidine rings is 1. The van der Waals surface area contributed by atoms with Gasteiger partial charge in [-0.25, -0.2) is 0 Å². The molecular formula is C16H24ClN3O. The van der Waals surface area contributed by atoms with Crippen molar-refractivity contribution in [3.8, 4) is 0 Å². The molecule has 2 N–H and O–H groups in total. The van der Waals surface area contributed by atoms with E-state index in [9.17, 15) is 4.79 Å². The van der Waals surface area contributed by atoms with Crippen LogP contribution in [0.15, 0.2) is 18.2 Å². The van der Waals surface area contributed by atoms with E-state index < -0.39 is 0 Å². The Kier molecular flexibility index (Phi) is 5.88. The predicted octanol–water partition coefficient (Wildman–Crippen LogP) is 2.41. The van der Waals surface area contributed by atoms with Gasteiger partial charge in [-0.15, -0.1) is 0 Å². The molecule has 1 heterocycles. The lowest BCUT2D eigenvalue weighted by Crippen LogP contribution is -2.42. The van der Waals surface area contributed by atoms with Crippen LogP contribution in [-0.2, 0) is 11.3 Å². The number of nitrogens with zero attached hydrogens (tertiary/aromatic N) is 1. The van der Waals surface area contributed by atoms with Crippen molar-refractivity contribution < 1.29 is 4.79 Å². The fourth-order valence-electron chi connectivity index (χ4n) is 2.85. The zero-order valence-corrected chi connectivity index (χ0v) is 13.5. The quantitative estimate of drug-likeness (QED) is 0.878. The summed E-state index contributed by atoms with van der Waals surface area (Å²) in [5, 5.41) is 6.87. The Morgan fingerprint density at radius 3 is 3.00 bits per heavy atom. The maximum atomic E-state index is 11.9. The van der Waals surface area contributed by atoms with Gasteiger partial charge in [0.05, 0.1) is 5.92 Å². The van der Waals surface area contributed by atoms with Gasteiger partial charge in [0.1, 0.15) is 0 Å². The van der Waals surface area contributed by atoms with Crippen LogP contribution in [0.25, 0.3) is 0 Å². The summed E-state index contributed by atoms with van der Waals surface area (Å²) in [4.78, 5) is 14.2. The Morgan fingerprint density at radius 1 is 1.48 bits per heavy atom. The fourth-order valence-corrected chi connectivity index (χ4v) is 3.02. The number of nitrogens with one attached hydrogen (secondary N) is 2. The molecule has 116 valence electrons. The Morgan fingerprint density at radius 2 is 2.29 bits per heavy atom. The second-order valence-corrected chi connectivity index (χ2v) is 5.89. The molecule has 1 unspecified atom stereocenters. The standard InChI is InChI=1S/C16H24ClN3O/c1-3-19-10-12-6-7-14(17)9-15(12)20-8-4-5-13(11-20)16(21)18-2/h6-7,9,13,19H,3-5,8,10-11H2,1-2H3,(H,18,21). The van der Waals surface area contributed by atoms with Gasteiger partial charge in [0.25, 0.3) is 0 Å². The summed E-state index contributed by atoms with van der Waals surface area (Å²) in [6, 6.07) is 6.02. The monoisotopic (exact) mass is 309 g/mol. The van der Waals surface area contributed by atoms with E-state index in [1.165, 1.54) is 5.56 Å². The number of amides is 1. The maximum Gasteiger partial charge on any atom is 0.224 e. The number of halogens is 1. The summed E-state index contributed by atoms with van der Waals surface area (Å²) in [6.07, 6.45) is 1.99. The molecule has 1 aromatic carbocycles. The molecule has 21 heavy (non-hydrogen) atoms. The predicted molar refractivity (Wildman–Crippen MR) is 87.8 cm³/mol. The highest BCUT2D eigenvalue weighted by atomic mass is 35.5. The van der Waals surface area contributed by atoms with Gasteiger partial charge in [0, 0.05) is 37.4 Å². The smallest absolute Gasteiger partial charge is 0.224 e. The molecule has 0 aromatic heterocycles. The molecule has 1 fully saturated rings. The first-order valence-corrected chi connectivity index (χ1v) is 7.99. The third-order valence-electron chi connectivity index (χ3n) is 3.99. The van der Waals surface area contributed by atoms with Crippen LogP contribution in [0.1, 0.15) is 25.3 Å². The van der Waals surface area contributed by atoms with E-state index in [2.05, 4.69) is 28.5 Å². The van der Waals surface area contributed by atoms with Gasteiger partial charge in [-0.2, -0.15) is 0 Å². The van der Waals surface area contributed by atoms with Crippen LogP contribution in [0.2, 0.25) is 5.02 Å². The number of rotatable bonds is 5. The average molecular weight is 310 g/mol. The van der Waals surface area contributed by atoms with Crippen LogP contribution in [0.4, 0.5) is 5.69 Å². The molecule has 4 nitrogen and oxygen atoms in total. The van der Waals surface area contributed by atoms with E-state index >= 15 is 0 Å². The van der Waals surface area contributed by atoms with Crippen molar-refractivity contribution in [2.45, 2.75) is 26.3 Å². The molecule has 1 saturated heterocycles. The Balaban J connectivity index is 2.19. The third-order valence-corrected chi connectivity index (χ3v) is 4.23. The lowest BCUT2D eigenvalue weighted by Gasteiger charge is -2.35. The summed E-state index contributed by atoms with van der Waals surface area (Å²) >= 11 is 6.17. The molecule has 0 aliphatic carbocycles. The van der Waals surface area contributed by atoms with E-state index in [0.717, 1.165) is 49.7 Å². The van der Waals surface area contributed by atoms with Crippen LogP contribution >= 0.6 is 11.6 Å². The molecule has 0 spiro atoms. The fraction of sp³-hybridized carbons (Fsp3) is 0.562. The summed E-state index contributed by atoms with van der Waals surface area (Å²) in [5.74, 6) is 0.199. The first kappa shape index (κ1) is 16.1. The second kappa shape index (κ2) is 7.66. The van der Waals surface area contributed by atoms with Crippen LogP contribution in [0, 0.1) is 5.92 Å². The minimum atomic E-state index is 0.0646. The van der Waals surface area contributed by atoms with E-state index in [1.54, 1.807) is 7.05 Å². The summed E-state index contributed by atoms with van der Waals surface area (Å²) in [7, 11) is 1.71. The number of hydrogen-bond donors (Lipinski definition) is 2. The zero-order valence-electron chi connectivity index (χ0n) is 12.8. The molecule has 5 heteroatoms. The highest BCUT2D eigenvalue weighted by Crippen LogP contribution is 2.29. The van der Waals surface area contributed by atoms with Crippen molar-refractivity contribution in [2.75, 3.05) is 31.6 Å². The average Bonchev–Trinajstić information content (AvgIpc) is 2.53. The summed E-state index contributed by atoms with van der Waals surface area (Å²) in [6.45, 7) is 5.59. The van der Waals surface area contributed by atoms with Crippen molar-refractivity contribution in [1.82, 2.24) is 10.6 Å². The topological polar surface area (TPSA) is 44.4 Å². The molecule has 0 bridgehead atoms. The number of carbonyl (C=O) groups excluding carboxylic acids is 1. The molecule has 1 aliphatic heterocycles. The molecule has 1 aromatic rings. The Hall–Kier alpha value is -1.26. The molecule has 1 atom stereocenters. The van der Waals surface area contributed by atoms with Crippen molar-refractivity contribution in [3.63, 3.8) is 0 Å². The highest BCUT2D eigenvalue weighted by Gasteiger charge is 2.26. The molecule has 0 saturated carbocycles. The van der Waals surface area contributed by atoms with E-state index in [4.69, 9.17) is 11.6 Å². The van der Waals surface area contributed by atoms with Crippen molar-refractivity contribution >= 4 is 23.2 Å². The number of benzene rings is 1. The van der Waals surface area contributed by atoms with Crippen LogP contribution in [-0.4, -0.2) is 32.6 Å². The van der Waals surface area contributed by atoms with Crippen molar-refractivity contribution in [2.24, 2.45) is 5.92 Å². The normalized spacial score (nSPS) is 18.6. The molecule has 1 amide bonds. The maximum absolute atomic E-state index is 11.9. The number of carbonyl (C=O) groups is 1. The van der Waals surface area contributed by atoms with Gasteiger partial charge in [0.15, 0.2) is 0 Å². The van der Waals surface area contributed by atoms with Crippen molar-refractivity contribution in [3.05, 3.63) is 28.8 Å². The van der Waals surface area contributed by atoms with E-state index in [-0.39, 0.29) is 11.8 Å². The van der Waals surface area contributed by atoms with Gasteiger partial charge in [-0.3, -0.25) is 4.79 Å². The first-order valence-electron chi connectivity index (χ1n) is 7.61. The largest absolute Gasteiger partial charge is 0.370 e.